The predicted octanol–water partition coefficient (Wildman–Crippen LogP) is 2.89. The number of hydrogen-bond acceptors (Lipinski definition) is 4. The molecule has 1 aliphatic carbocycles. The molecule has 2 aliphatic rings. The lowest BCUT2D eigenvalue weighted by Crippen LogP contribution is -2.52. The number of ether oxygens (including phenoxy) is 1. The molecule has 1 amide bonds. The van der Waals surface area contributed by atoms with E-state index in [4.69, 9.17) is 4.74 Å². The highest BCUT2D eigenvalue weighted by Crippen LogP contribution is 2.28. The molecular weight excluding hydrogens is 402 g/mol. The van der Waals surface area contributed by atoms with Gasteiger partial charge in [0.15, 0.2) is 5.96 Å². The van der Waals surface area contributed by atoms with E-state index in [1.54, 1.807) is 7.05 Å². The summed E-state index contributed by atoms with van der Waals surface area (Å²) in [5.74, 6) is 2.92. The third-order valence-electron chi connectivity index (χ3n) is 6.40. The van der Waals surface area contributed by atoms with Gasteiger partial charge in [-0.05, 0) is 43.4 Å². The van der Waals surface area contributed by atoms with E-state index >= 15 is 0 Å². The van der Waals surface area contributed by atoms with Crippen LogP contribution in [0.2, 0.25) is 0 Å². The Hall–Kier alpha value is -2.28. The van der Waals surface area contributed by atoms with Crippen LogP contribution in [0.4, 0.5) is 0 Å². The summed E-state index contributed by atoms with van der Waals surface area (Å²) in [6, 6.07) is 8.40. The zero-order valence-electron chi connectivity index (χ0n) is 20.3. The highest BCUT2D eigenvalue weighted by atomic mass is 16.5. The Bertz CT molecular complexity index is 737. The molecule has 32 heavy (non-hydrogen) atoms. The summed E-state index contributed by atoms with van der Waals surface area (Å²) in [5.41, 5.74) is 1.19. The van der Waals surface area contributed by atoms with Crippen molar-refractivity contribution in [2.45, 2.75) is 46.1 Å². The Balaban J connectivity index is 1.35. The van der Waals surface area contributed by atoms with Gasteiger partial charge in [0, 0.05) is 52.2 Å². The van der Waals surface area contributed by atoms with Crippen LogP contribution in [0.25, 0.3) is 0 Å². The van der Waals surface area contributed by atoms with E-state index in [0.717, 1.165) is 70.4 Å². The number of carbonyl (C=O) groups is 1. The number of piperazine rings is 1. The monoisotopic (exact) mass is 443 g/mol. The quantitative estimate of drug-likeness (QED) is 0.454. The number of benzene rings is 1. The fourth-order valence-corrected chi connectivity index (χ4v) is 4.04. The van der Waals surface area contributed by atoms with Gasteiger partial charge in [-0.2, -0.15) is 0 Å². The van der Waals surface area contributed by atoms with Gasteiger partial charge in [-0.25, -0.2) is 0 Å². The molecule has 1 aliphatic heterocycles. The van der Waals surface area contributed by atoms with Gasteiger partial charge >= 0.3 is 0 Å². The van der Waals surface area contributed by atoms with Crippen molar-refractivity contribution in [2.24, 2.45) is 16.8 Å². The second kappa shape index (κ2) is 12.1. The summed E-state index contributed by atoms with van der Waals surface area (Å²) in [4.78, 5) is 21.2. The lowest BCUT2D eigenvalue weighted by molar-refractivity contribution is -0.139. The van der Waals surface area contributed by atoms with Crippen LogP contribution in [0.1, 0.15) is 51.6 Å². The first-order chi connectivity index (χ1) is 15.5. The van der Waals surface area contributed by atoms with Gasteiger partial charge in [-0.15, -0.1) is 0 Å². The van der Waals surface area contributed by atoms with E-state index in [-0.39, 0.29) is 6.04 Å². The predicted molar refractivity (Wildman–Crippen MR) is 130 cm³/mol. The van der Waals surface area contributed by atoms with Gasteiger partial charge in [0.25, 0.3) is 0 Å². The zero-order chi connectivity index (χ0) is 22.9. The highest BCUT2D eigenvalue weighted by molar-refractivity contribution is 5.80. The van der Waals surface area contributed by atoms with Crippen molar-refractivity contribution in [3.8, 4) is 5.75 Å². The van der Waals surface area contributed by atoms with Gasteiger partial charge in [0.05, 0.1) is 12.6 Å². The molecule has 7 nitrogen and oxygen atoms in total. The standard InChI is InChI=1S/C25H41N5O2/c1-19(2)18-32-23-10-8-21(9-11-23)20(3)28-25(26-4)27-12-13-29-14-16-30(17-15-29)24(31)22-6-5-7-22/h8-11,19-20,22H,5-7,12-18H2,1-4H3,(H2,26,27,28). The average Bonchev–Trinajstić information content (AvgIpc) is 2.76. The Morgan fingerprint density at radius 2 is 1.81 bits per heavy atom. The molecule has 1 atom stereocenters. The van der Waals surface area contributed by atoms with Crippen LogP contribution in [0, 0.1) is 11.8 Å². The Morgan fingerprint density at radius 1 is 1.12 bits per heavy atom. The van der Waals surface area contributed by atoms with Crippen molar-refractivity contribution in [3.05, 3.63) is 29.8 Å². The number of rotatable bonds is 9. The maximum absolute atomic E-state index is 12.4. The minimum atomic E-state index is 0.140. The van der Waals surface area contributed by atoms with Crippen molar-refractivity contribution < 1.29 is 9.53 Å². The summed E-state index contributed by atoms with van der Waals surface area (Å²) in [6.45, 7) is 12.6. The van der Waals surface area contributed by atoms with Crippen LogP contribution in [0.3, 0.4) is 0 Å². The van der Waals surface area contributed by atoms with Gasteiger partial charge < -0.3 is 20.3 Å². The summed E-state index contributed by atoms with van der Waals surface area (Å²) in [7, 11) is 1.80. The molecule has 1 unspecified atom stereocenters. The average molecular weight is 444 g/mol. The summed E-state index contributed by atoms with van der Waals surface area (Å²) < 4.78 is 5.77. The van der Waals surface area contributed by atoms with Gasteiger partial charge in [-0.1, -0.05) is 32.4 Å². The van der Waals surface area contributed by atoms with E-state index in [2.05, 4.69) is 58.3 Å². The Morgan fingerprint density at radius 3 is 2.38 bits per heavy atom. The molecule has 3 rings (SSSR count). The van der Waals surface area contributed by atoms with Crippen LogP contribution in [0.5, 0.6) is 5.75 Å². The first-order valence-electron chi connectivity index (χ1n) is 12.2. The van der Waals surface area contributed by atoms with Crippen molar-refractivity contribution >= 4 is 11.9 Å². The van der Waals surface area contributed by atoms with Crippen molar-refractivity contribution in [2.75, 3.05) is 52.9 Å². The number of nitrogens with one attached hydrogen (secondary N) is 2. The SMILES string of the molecule is CN=C(NCCN1CCN(C(=O)C2CCC2)CC1)NC(C)c1ccc(OCC(C)C)cc1. The Kier molecular flexibility index (Phi) is 9.21. The van der Waals surface area contributed by atoms with E-state index in [0.29, 0.717) is 17.7 Å². The molecule has 1 aromatic carbocycles. The largest absolute Gasteiger partial charge is 0.493 e. The van der Waals surface area contributed by atoms with Crippen LogP contribution >= 0.6 is 0 Å². The first-order valence-corrected chi connectivity index (χ1v) is 12.2. The normalized spacial score (nSPS) is 18.9. The van der Waals surface area contributed by atoms with E-state index in [1.807, 2.05) is 12.1 Å². The van der Waals surface area contributed by atoms with Crippen LogP contribution in [-0.2, 0) is 4.79 Å². The van der Waals surface area contributed by atoms with Crippen LogP contribution in [-0.4, -0.2) is 74.6 Å². The molecule has 1 heterocycles. The molecule has 1 aromatic rings. The van der Waals surface area contributed by atoms with E-state index in [1.165, 1.54) is 12.0 Å². The summed E-state index contributed by atoms with van der Waals surface area (Å²) in [5, 5.41) is 6.89. The molecule has 0 aromatic heterocycles. The highest BCUT2D eigenvalue weighted by Gasteiger charge is 2.31. The fraction of sp³-hybridized carbons (Fsp3) is 0.680. The fourth-order valence-electron chi connectivity index (χ4n) is 4.04. The maximum Gasteiger partial charge on any atom is 0.225 e. The first kappa shape index (κ1) is 24.4. The molecule has 2 N–H and O–H groups in total. The van der Waals surface area contributed by atoms with E-state index in [9.17, 15) is 4.79 Å². The molecule has 0 spiro atoms. The summed E-state index contributed by atoms with van der Waals surface area (Å²) >= 11 is 0. The topological polar surface area (TPSA) is 69.2 Å². The maximum atomic E-state index is 12.4. The lowest BCUT2D eigenvalue weighted by Gasteiger charge is -2.38. The van der Waals surface area contributed by atoms with Crippen LogP contribution in [0.15, 0.2) is 29.3 Å². The zero-order valence-corrected chi connectivity index (χ0v) is 20.3. The molecule has 0 bridgehead atoms. The number of amides is 1. The van der Waals surface area contributed by atoms with Gasteiger partial charge in [0.1, 0.15) is 5.75 Å². The van der Waals surface area contributed by atoms with Crippen molar-refractivity contribution in [3.63, 3.8) is 0 Å². The second-order valence-electron chi connectivity index (χ2n) is 9.43. The molecule has 0 radical (unpaired) electrons. The summed E-state index contributed by atoms with van der Waals surface area (Å²) in [6.07, 6.45) is 3.39. The molecule has 1 saturated carbocycles. The van der Waals surface area contributed by atoms with Crippen molar-refractivity contribution in [1.82, 2.24) is 20.4 Å². The number of nitrogens with zero attached hydrogens (tertiary/aromatic N) is 3. The van der Waals surface area contributed by atoms with Crippen molar-refractivity contribution in [1.29, 1.82) is 0 Å². The Labute approximate surface area is 193 Å². The third-order valence-corrected chi connectivity index (χ3v) is 6.40. The smallest absolute Gasteiger partial charge is 0.225 e. The molecule has 178 valence electrons. The number of aliphatic imine (C=N–C) groups is 1. The molecule has 7 heteroatoms. The van der Waals surface area contributed by atoms with E-state index < -0.39 is 0 Å². The molecule has 1 saturated heterocycles. The number of hydrogen-bond donors (Lipinski definition) is 2. The lowest BCUT2D eigenvalue weighted by atomic mass is 9.84. The third kappa shape index (κ3) is 7.12. The molecule has 2 fully saturated rings. The number of guanidine groups is 1. The minimum absolute atomic E-state index is 0.140. The van der Waals surface area contributed by atoms with Gasteiger partial charge in [-0.3, -0.25) is 14.7 Å². The minimum Gasteiger partial charge on any atom is -0.493 e. The van der Waals surface area contributed by atoms with Gasteiger partial charge in [0.2, 0.25) is 5.91 Å². The molecular formula is C25H41N5O2. The second-order valence-corrected chi connectivity index (χ2v) is 9.43. The van der Waals surface area contributed by atoms with Crippen LogP contribution < -0.4 is 15.4 Å². The number of carbonyl (C=O) groups excluding carboxylic acids is 1.